The second kappa shape index (κ2) is 5.94. The summed E-state index contributed by atoms with van der Waals surface area (Å²) < 4.78 is 30.2. The SMILES string of the molecule is Cn1cnc(S(=O)(=O)NCc2cncc(-c3ccnn3C)c2)c1. The van der Waals surface area contributed by atoms with E-state index in [4.69, 9.17) is 0 Å². The highest BCUT2D eigenvalue weighted by atomic mass is 32.2. The second-order valence-electron chi connectivity index (χ2n) is 5.12. The lowest BCUT2D eigenvalue weighted by molar-refractivity contribution is 0.578. The van der Waals surface area contributed by atoms with Crippen LogP contribution in [-0.2, 0) is 30.7 Å². The van der Waals surface area contributed by atoms with Gasteiger partial charge >= 0.3 is 0 Å². The van der Waals surface area contributed by atoms with Gasteiger partial charge in [0.05, 0.1) is 12.0 Å². The lowest BCUT2D eigenvalue weighted by atomic mass is 10.1. The van der Waals surface area contributed by atoms with Crippen LogP contribution >= 0.6 is 0 Å². The molecule has 0 aliphatic rings. The summed E-state index contributed by atoms with van der Waals surface area (Å²) in [6.07, 6.45) is 7.94. The molecule has 0 radical (unpaired) electrons. The number of hydrogen-bond donors (Lipinski definition) is 1. The minimum Gasteiger partial charge on any atom is -0.339 e. The third-order valence-corrected chi connectivity index (χ3v) is 4.62. The number of imidazole rings is 1. The fraction of sp³-hybridized carbons (Fsp3) is 0.214. The number of pyridine rings is 1. The zero-order valence-corrected chi connectivity index (χ0v) is 13.5. The number of nitrogens with one attached hydrogen (secondary N) is 1. The monoisotopic (exact) mass is 332 g/mol. The van der Waals surface area contributed by atoms with E-state index in [2.05, 4.69) is 19.8 Å². The Balaban J connectivity index is 1.78. The van der Waals surface area contributed by atoms with E-state index in [-0.39, 0.29) is 11.6 Å². The van der Waals surface area contributed by atoms with Crippen molar-refractivity contribution < 1.29 is 8.42 Å². The average Bonchev–Trinajstić information content (AvgIpc) is 3.14. The zero-order chi connectivity index (χ0) is 16.4. The Morgan fingerprint density at radius 3 is 2.74 bits per heavy atom. The molecule has 0 aromatic carbocycles. The van der Waals surface area contributed by atoms with E-state index in [1.165, 1.54) is 12.5 Å². The summed E-state index contributed by atoms with van der Waals surface area (Å²) >= 11 is 0. The van der Waals surface area contributed by atoms with Crippen LogP contribution in [-0.4, -0.2) is 32.7 Å². The molecule has 3 rings (SSSR count). The van der Waals surface area contributed by atoms with E-state index in [9.17, 15) is 8.42 Å². The van der Waals surface area contributed by atoms with Gasteiger partial charge in [-0.05, 0) is 17.7 Å². The van der Waals surface area contributed by atoms with Crippen molar-refractivity contribution in [1.29, 1.82) is 0 Å². The molecule has 0 unspecified atom stereocenters. The maximum atomic E-state index is 12.2. The van der Waals surface area contributed by atoms with Crippen LogP contribution in [0.2, 0.25) is 0 Å². The number of rotatable bonds is 5. The number of hydrogen-bond acceptors (Lipinski definition) is 5. The van der Waals surface area contributed by atoms with E-state index in [0.29, 0.717) is 0 Å². The van der Waals surface area contributed by atoms with Crippen LogP contribution in [0.1, 0.15) is 5.56 Å². The lowest BCUT2D eigenvalue weighted by Crippen LogP contribution is -2.23. The number of sulfonamides is 1. The quantitative estimate of drug-likeness (QED) is 0.742. The molecule has 0 saturated heterocycles. The third kappa shape index (κ3) is 3.30. The summed E-state index contributed by atoms with van der Waals surface area (Å²) in [7, 11) is -0.0851. The predicted octanol–water partition coefficient (Wildman–Crippen LogP) is 0.694. The molecule has 0 aliphatic carbocycles. The van der Waals surface area contributed by atoms with Gasteiger partial charge in [-0.2, -0.15) is 5.10 Å². The zero-order valence-electron chi connectivity index (χ0n) is 12.7. The van der Waals surface area contributed by atoms with Crippen molar-refractivity contribution in [2.24, 2.45) is 14.1 Å². The van der Waals surface area contributed by atoms with Gasteiger partial charge in [0.1, 0.15) is 0 Å². The highest BCUT2D eigenvalue weighted by molar-refractivity contribution is 7.89. The molecule has 0 amide bonds. The molecular weight excluding hydrogens is 316 g/mol. The van der Waals surface area contributed by atoms with Crippen molar-refractivity contribution in [3.63, 3.8) is 0 Å². The van der Waals surface area contributed by atoms with E-state index in [0.717, 1.165) is 16.8 Å². The molecule has 1 N–H and O–H groups in total. The smallest absolute Gasteiger partial charge is 0.259 e. The Hall–Kier alpha value is -2.52. The average molecular weight is 332 g/mol. The molecule has 3 aromatic heterocycles. The van der Waals surface area contributed by atoms with Gasteiger partial charge in [-0.1, -0.05) is 0 Å². The number of aryl methyl sites for hydroxylation is 2. The van der Waals surface area contributed by atoms with Crippen molar-refractivity contribution in [2.75, 3.05) is 0 Å². The first-order valence-electron chi connectivity index (χ1n) is 6.85. The maximum absolute atomic E-state index is 12.2. The number of aromatic nitrogens is 5. The standard InChI is InChI=1S/C14H16N6O2S/c1-19-9-14(16-10-19)23(21,22)18-7-11-5-12(8-15-6-11)13-3-4-17-20(13)2/h3-6,8-10,18H,7H2,1-2H3. The van der Waals surface area contributed by atoms with Gasteiger partial charge in [0, 0.05) is 51.0 Å². The molecule has 0 aliphatic heterocycles. The van der Waals surface area contributed by atoms with Crippen LogP contribution in [0.5, 0.6) is 0 Å². The predicted molar refractivity (Wildman–Crippen MR) is 83.7 cm³/mol. The molecule has 0 bridgehead atoms. The Morgan fingerprint density at radius 1 is 1.26 bits per heavy atom. The minimum absolute atomic E-state index is 0.00394. The van der Waals surface area contributed by atoms with Gasteiger partial charge in [0.25, 0.3) is 10.0 Å². The molecule has 3 aromatic rings. The van der Waals surface area contributed by atoms with Crippen molar-refractivity contribution in [1.82, 2.24) is 29.0 Å². The summed E-state index contributed by atoms with van der Waals surface area (Å²) in [6.45, 7) is 0.137. The van der Waals surface area contributed by atoms with Crippen LogP contribution in [0.4, 0.5) is 0 Å². The summed E-state index contributed by atoms with van der Waals surface area (Å²) in [5, 5.41) is 4.11. The van der Waals surface area contributed by atoms with Crippen LogP contribution in [0.25, 0.3) is 11.3 Å². The Labute approximate surface area is 133 Å². The van der Waals surface area contributed by atoms with Crippen molar-refractivity contribution >= 4 is 10.0 Å². The van der Waals surface area contributed by atoms with Crippen molar-refractivity contribution in [3.8, 4) is 11.3 Å². The largest absolute Gasteiger partial charge is 0.339 e. The van der Waals surface area contributed by atoms with Gasteiger partial charge in [-0.15, -0.1) is 0 Å². The van der Waals surface area contributed by atoms with E-state index in [1.807, 2.05) is 19.2 Å². The van der Waals surface area contributed by atoms with Crippen LogP contribution in [0.15, 0.2) is 48.3 Å². The maximum Gasteiger partial charge on any atom is 0.259 e. The van der Waals surface area contributed by atoms with E-state index >= 15 is 0 Å². The Kier molecular flexibility index (Phi) is 3.97. The summed E-state index contributed by atoms with van der Waals surface area (Å²) in [6, 6.07) is 3.75. The fourth-order valence-electron chi connectivity index (χ4n) is 2.16. The summed E-state index contributed by atoms with van der Waals surface area (Å²) in [5.74, 6) is 0. The number of nitrogens with zero attached hydrogens (tertiary/aromatic N) is 5. The van der Waals surface area contributed by atoms with Gasteiger partial charge in [-0.25, -0.2) is 18.1 Å². The molecular formula is C14H16N6O2S. The van der Waals surface area contributed by atoms with Crippen molar-refractivity contribution in [3.05, 3.63) is 48.8 Å². The molecule has 120 valence electrons. The molecule has 0 fully saturated rings. The first-order valence-corrected chi connectivity index (χ1v) is 8.34. The molecule has 0 atom stereocenters. The molecule has 23 heavy (non-hydrogen) atoms. The second-order valence-corrected chi connectivity index (χ2v) is 6.84. The van der Waals surface area contributed by atoms with Gasteiger partial charge < -0.3 is 4.57 Å². The highest BCUT2D eigenvalue weighted by Crippen LogP contribution is 2.18. The lowest BCUT2D eigenvalue weighted by Gasteiger charge is -2.07. The summed E-state index contributed by atoms with van der Waals surface area (Å²) in [4.78, 5) is 8.02. The van der Waals surface area contributed by atoms with Crippen LogP contribution in [0, 0.1) is 0 Å². The highest BCUT2D eigenvalue weighted by Gasteiger charge is 2.16. The van der Waals surface area contributed by atoms with Gasteiger partial charge in [-0.3, -0.25) is 9.67 Å². The third-order valence-electron chi connectivity index (χ3n) is 3.33. The molecule has 8 nitrogen and oxygen atoms in total. The molecule has 3 heterocycles. The molecule has 9 heteroatoms. The van der Waals surface area contributed by atoms with Gasteiger partial charge in [0.2, 0.25) is 0 Å². The minimum atomic E-state index is -3.64. The van der Waals surface area contributed by atoms with Crippen LogP contribution < -0.4 is 4.72 Å². The molecule has 0 spiro atoms. The molecule has 0 saturated carbocycles. The Morgan fingerprint density at radius 2 is 2.09 bits per heavy atom. The first-order chi connectivity index (χ1) is 11.0. The van der Waals surface area contributed by atoms with Gasteiger partial charge in [0.15, 0.2) is 5.03 Å². The topological polar surface area (TPSA) is 94.7 Å². The summed E-state index contributed by atoms with van der Waals surface area (Å²) in [5.41, 5.74) is 2.54. The Bertz CT molecular complexity index is 928. The first kappa shape index (κ1) is 15.4. The van der Waals surface area contributed by atoms with E-state index < -0.39 is 10.0 Å². The van der Waals surface area contributed by atoms with Crippen molar-refractivity contribution in [2.45, 2.75) is 11.6 Å². The van der Waals surface area contributed by atoms with Crippen LogP contribution in [0.3, 0.4) is 0 Å². The normalized spacial score (nSPS) is 11.7. The fourth-order valence-corrected chi connectivity index (χ4v) is 3.16. The van der Waals surface area contributed by atoms with E-state index in [1.54, 1.807) is 34.9 Å².